The summed E-state index contributed by atoms with van der Waals surface area (Å²) in [5, 5.41) is 5.51. The molecular formula is C18H18F2N6O2. The molecule has 28 heavy (non-hydrogen) atoms. The number of hydrogen-bond donors (Lipinski definition) is 2. The third kappa shape index (κ3) is 3.77. The maximum absolute atomic E-state index is 14.1. The van der Waals surface area contributed by atoms with E-state index in [0.717, 1.165) is 0 Å². The topological polar surface area (TPSA) is 93.4 Å². The molecule has 2 N–H and O–H groups in total. The van der Waals surface area contributed by atoms with Crippen molar-refractivity contribution in [1.29, 1.82) is 0 Å². The number of aromatic nitrogens is 4. The molecule has 0 radical (unpaired) electrons. The first-order valence-corrected chi connectivity index (χ1v) is 8.79. The van der Waals surface area contributed by atoms with Crippen LogP contribution in [0.4, 0.5) is 14.5 Å². The van der Waals surface area contributed by atoms with E-state index < -0.39 is 24.0 Å². The molecule has 4 heterocycles. The molecule has 2 atom stereocenters. The molecule has 1 fully saturated rings. The first kappa shape index (κ1) is 18.2. The lowest BCUT2D eigenvalue weighted by Crippen LogP contribution is -2.44. The predicted octanol–water partition coefficient (Wildman–Crippen LogP) is 1.90. The van der Waals surface area contributed by atoms with E-state index in [1.807, 2.05) is 0 Å². The Labute approximate surface area is 159 Å². The van der Waals surface area contributed by atoms with Crippen LogP contribution >= 0.6 is 0 Å². The molecule has 0 bridgehead atoms. The summed E-state index contributed by atoms with van der Waals surface area (Å²) in [6, 6.07) is 1.18. The quantitative estimate of drug-likeness (QED) is 0.709. The number of rotatable bonds is 4. The van der Waals surface area contributed by atoms with Crippen LogP contribution in [0.3, 0.4) is 0 Å². The van der Waals surface area contributed by atoms with Gasteiger partial charge in [0.05, 0.1) is 23.8 Å². The predicted molar refractivity (Wildman–Crippen MR) is 96.7 cm³/mol. The number of carbonyl (C=O) groups is 1. The Morgan fingerprint density at radius 1 is 1.36 bits per heavy atom. The van der Waals surface area contributed by atoms with Gasteiger partial charge in [0.25, 0.3) is 5.91 Å². The van der Waals surface area contributed by atoms with Gasteiger partial charge in [0.15, 0.2) is 11.5 Å². The van der Waals surface area contributed by atoms with Gasteiger partial charge in [-0.2, -0.15) is 0 Å². The Kier molecular flexibility index (Phi) is 4.86. The van der Waals surface area contributed by atoms with Gasteiger partial charge in [-0.05, 0) is 19.9 Å². The number of pyridine rings is 1. The van der Waals surface area contributed by atoms with Crippen LogP contribution in [0.15, 0.2) is 30.9 Å². The average molecular weight is 388 g/mol. The average Bonchev–Trinajstić information content (AvgIpc) is 3.05. The van der Waals surface area contributed by atoms with Gasteiger partial charge in [0.1, 0.15) is 18.0 Å². The Bertz CT molecular complexity index is 1010. The maximum atomic E-state index is 14.1. The highest BCUT2D eigenvalue weighted by molar-refractivity contribution is 6.02. The number of hydrogen-bond acceptors (Lipinski definition) is 6. The molecule has 8 nitrogen and oxygen atoms in total. The van der Waals surface area contributed by atoms with E-state index in [-0.39, 0.29) is 29.5 Å². The summed E-state index contributed by atoms with van der Waals surface area (Å²) in [6.45, 7) is 2.64. The largest absolute Gasteiger partial charge is 0.470 e. The van der Waals surface area contributed by atoms with Crippen molar-refractivity contribution in [3.63, 3.8) is 0 Å². The molecule has 0 saturated carbocycles. The van der Waals surface area contributed by atoms with Crippen LogP contribution in [0.1, 0.15) is 22.6 Å². The number of nitrogens with zero attached hydrogens (tertiary/aromatic N) is 4. The van der Waals surface area contributed by atoms with Gasteiger partial charge in [-0.1, -0.05) is 0 Å². The second-order valence-electron chi connectivity index (χ2n) is 6.55. The van der Waals surface area contributed by atoms with Crippen LogP contribution in [-0.2, 0) is 0 Å². The molecule has 1 saturated heterocycles. The number of halogens is 2. The highest BCUT2D eigenvalue weighted by Gasteiger charge is 2.26. The zero-order chi connectivity index (χ0) is 19.7. The summed E-state index contributed by atoms with van der Waals surface area (Å²) in [6.07, 6.45) is 4.51. The highest BCUT2D eigenvalue weighted by Crippen LogP contribution is 2.18. The number of ether oxygens (including phenoxy) is 1. The number of nitrogens with one attached hydrogen (secondary N) is 2. The van der Waals surface area contributed by atoms with Crippen molar-refractivity contribution in [1.82, 2.24) is 24.7 Å². The Balaban J connectivity index is 1.45. The summed E-state index contributed by atoms with van der Waals surface area (Å²) in [4.78, 5) is 24.4. The zero-order valence-electron chi connectivity index (χ0n) is 15.0. The Morgan fingerprint density at radius 3 is 2.96 bits per heavy atom. The van der Waals surface area contributed by atoms with Crippen LogP contribution < -0.4 is 15.4 Å². The van der Waals surface area contributed by atoms with Crippen molar-refractivity contribution in [2.45, 2.75) is 25.6 Å². The molecule has 10 heteroatoms. The van der Waals surface area contributed by atoms with E-state index in [9.17, 15) is 13.6 Å². The van der Waals surface area contributed by atoms with Crippen molar-refractivity contribution >= 4 is 17.2 Å². The van der Waals surface area contributed by atoms with Gasteiger partial charge >= 0.3 is 0 Å². The molecule has 0 aliphatic carbocycles. The molecule has 0 aromatic carbocycles. The number of aryl methyl sites for hydroxylation is 1. The van der Waals surface area contributed by atoms with Gasteiger partial charge in [0.2, 0.25) is 5.88 Å². The second kappa shape index (κ2) is 7.47. The summed E-state index contributed by atoms with van der Waals surface area (Å²) >= 11 is 0. The number of anilines is 1. The first-order chi connectivity index (χ1) is 13.5. The van der Waals surface area contributed by atoms with Gasteiger partial charge in [-0.25, -0.2) is 23.7 Å². The molecule has 3 aromatic heterocycles. The first-order valence-electron chi connectivity index (χ1n) is 8.79. The minimum atomic E-state index is -1.13. The normalized spacial score (nSPS) is 19.5. The molecule has 0 spiro atoms. The fraction of sp³-hybridized carbons (Fsp3) is 0.333. The summed E-state index contributed by atoms with van der Waals surface area (Å²) in [5.41, 5.74) is 1.12. The van der Waals surface area contributed by atoms with Crippen molar-refractivity contribution in [3.8, 4) is 5.88 Å². The molecule has 3 aromatic rings. The molecular weight excluding hydrogens is 370 g/mol. The minimum Gasteiger partial charge on any atom is -0.470 e. The summed E-state index contributed by atoms with van der Waals surface area (Å²) < 4.78 is 34.9. The van der Waals surface area contributed by atoms with Crippen LogP contribution in [0.2, 0.25) is 0 Å². The van der Waals surface area contributed by atoms with E-state index in [1.165, 1.54) is 22.9 Å². The van der Waals surface area contributed by atoms with Crippen molar-refractivity contribution in [2.24, 2.45) is 0 Å². The van der Waals surface area contributed by atoms with Crippen LogP contribution in [0, 0.1) is 12.7 Å². The van der Waals surface area contributed by atoms with Crippen molar-refractivity contribution in [3.05, 3.63) is 48.1 Å². The Hall–Kier alpha value is -3.14. The lowest BCUT2D eigenvalue weighted by molar-refractivity contribution is 0.0689. The monoisotopic (exact) mass is 388 g/mol. The molecule has 1 aliphatic heterocycles. The van der Waals surface area contributed by atoms with Crippen LogP contribution in [-0.4, -0.2) is 50.6 Å². The molecule has 0 unspecified atom stereocenters. The van der Waals surface area contributed by atoms with Crippen LogP contribution in [0.5, 0.6) is 5.88 Å². The van der Waals surface area contributed by atoms with Gasteiger partial charge < -0.3 is 19.8 Å². The summed E-state index contributed by atoms with van der Waals surface area (Å²) in [7, 11) is 0. The summed E-state index contributed by atoms with van der Waals surface area (Å²) in [5.74, 6) is -0.962. The Morgan fingerprint density at radius 2 is 2.21 bits per heavy atom. The lowest BCUT2D eigenvalue weighted by Gasteiger charge is -2.26. The van der Waals surface area contributed by atoms with E-state index in [0.29, 0.717) is 18.7 Å². The minimum absolute atomic E-state index is 0.0248. The fourth-order valence-corrected chi connectivity index (χ4v) is 3.02. The van der Waals surface area contributed by atoms with Gasteiger partial charge in [0, 0.05) is 25.0 Å². The number of alkyl halides is 1. The number of amides is 1. The van der Waals surface area contributed by atoms with E-state index in [4.69, 9.17) is 4.74 Å². The maximum Gasteiger partial charge on any atom is 0.275 e. The van der Waals surface area contributed by atoms with Gasteiger partial charge in [-0.3, -0.25) is 4.79 Å². The standard InChI is InChI=1S/C18H18F2N6O2/c1-10-8-26-9-11(4-12(19)17(26)24-10)25-18(27)14-6-23-16(7-22-14)28-15-2-3-21-5-13(15)20/h4,6-9,13,15,21H,2-3,5H2,1H3,(H,25,27)/t13-,15+/m0/s1. The smallest absolute Gasteiger partial charge is 0.275 e. The van der Waals surface area contributed by atoms with E-state index in [1.54, 1.807) is 19.3 Å². The third-order valence-electron chi connectivity index (χ3n) is 4.37. The van der Waals surface area contributed by atoms with E-state index >= 15 is 0 Å². The number of fused-ring (bicyclic) bond motifs is 1. The molecule has 146 valence electrons. The molecule has 4 rings (SSSR count). The van der Waals surface area contributed by atoms with Crippen LogP contribution in [0.25, 0.3) is 5.65 Å². The lowest BCUT2D eigenvalue weighted by atomic mass is 10.1. The van der Waals surface area contributed by atoms with E-state index in [2.05, 4.69) is 25.6 Å². The van der Waals surface area contributed by atoms with Crippen molar-refractivity contribution < 1.29 is 18.3 Å². The zero-order valence-corrected chi connectivity index (χ0v) is 15.0. The number of carbonyl (C=O) groups excluding carboxylic acids is 1. The molecule has 1 aliphatic rings. The number of imidazole rings is 1. The second-order valence-corrected chi connectivity index (χ2v) is 6.55. The van der Waals surface area contributed by atoms with Gasteiger partial charge in [-0.15, -0.1) is 0 Å². The highest BCUT2D eigenvalue weighted by atomic mass is 19.1. The SMILES string of the molecule is Cc1cn2cc(NC(=O)c3cnc(O[C@@H]4CCNC[C@@H]4F)cn3)cc(F)c2n1. The number of piperidine rings is 1. The fourth-order valence-electron chi connectivity index (χ4n) is 3.02. The third-order valence-corrected chi connectivity index (χ3v) is 4.37. The van der Waals surface area contributed by atoms with Crippen molar-refractivity contribution in [2.75, 3.05) is 18.4 Å². The molecule has 1 amide bonds.